The van der Waals surface area contributed by atoms with Crippen LogP contribution in [0.1, 0.15) is 18.4 Å². The van der Waals surface area contributed by atoms with Crippen LogP contribution in [0.2, 0.25) is 0 Å². The highest BCUT2D eigenvalue weighted by molar-refractivity contribution is 9.10. The maximum absolute atomic E-state index is 14.0. The molecule has 3 aliphatic heterocycles. The number of anilines is 2. The van der Waals surface area contributed by atoms with Gasteiger partial charge in [0.25, 0.3) is 5.91 Å². The minimum atomic E-state index is -0.826. The van der Waals surface area contributed by atoms with Crippen molar-refractivity contribution < 1.29 is 23.9 Å². The number of carbonyl (C=O) groups excluding carboxylic acids is 3. The van der Waals surface area contributed by atoms with Crippen molar-refractivity contribution in [1.82, 2.24) is 15.1 Å². The number of nitrogens with zero attached hydrogens (tertiary/aromatic N) is 3. The molecule has 1 spiro atoms. The summed E-state index contributed by atoms with van der Waals surface area (Å²) in [4.78, 5) is 45.3. The molecule has 6 rings (SSSR count). The van der Waals surface area contributed by atoms with Gasteiger partial charge in [-0.1, -0.05) is 40.2 Å². The highest BCUT2D eigenvalue weighted by Gasteiger charge is 2.54. The molecule has 2 N–H and O–H groups in total. The maximum atomic E-state index is 14.0. The van der Waals surface area contributed by atoms with E-state index in [0.29, 0.717) is 56.3 Å². The van der Waals surface area contributed by atoms with E-state index in [1.54, 1.807) is 9.80 Å². The number of urea groups is 1. The van der Waals surface area contributed by atoms with Crippen molar-refractivity contribution in [3.05, 3.63) is 82.8 Å². The van der Waals surface area contributed by atoms with Gasteiger partial charge < -0.3 is 34.8 Å². The van der Waals surface area contributed by atoms with E-state index in [1.807, 2.05) is 72.8 Å². The standard InChI is InChI=1S/C30H30BrN5O5/c31-22-7-9-23(10-8-22)33-29(39)34-14-12-30(13-15-34)28(38)35(19-36(30)24-4-2-1-3-5-24)18-27(37)32-17-21-6-11-25-26(16-21)41-20-40-25/h1-11,16H,12-15,17-20H2,(H,32,37)(H,33,39). The molecule has 0 radical (unpaired) electrons. The summed E-state index contributed by atoms with van der Waals surface area (Å²) in [6, 6.07) is 22.5. The lowest BCUT2D eigenvalue weighted by Gasteiger charge is -2.43. The minimum absolute atomic E-state index is 0.0533. The number of carbonyl (C=O) groups is 3. The molecule has 0 saturated carbocycles. The summed E-state index contributed by atoms with van der Waals surface area (Å²) in [5.41, 5.74) is 1.68. The van der Waals surface area contributed by atoms with Crippen LogP contribution in [0, 0.1) is 0 Å². The quantitative estimate of drug-likeness (QED) is 0.429. The highest BCUT2D eigenvalue weighted by Crippen LogP contribution is 2.39. The van der Waals surface area contributed by atoms with Gasteiger partial charge in [0, 0.05) is 35.5 Å². The molecule has 10 nitrogen and oxygen atoms in total. The molecule has 0 aliphatic carbocycles. The van der Waals surface area contributed by atoms with E-state index >= 15 is 0 Å². The third-order valence-electron chi connectivity index (χ3n) is 7.82. The van der Waals surface area contributed by atoms with Crippen LogP contribution in [0.5, 0.6) is 11.5 Å². The van der Waals surface area contributed by atoms with Crippen LogP contribution in [-0.2, 0) is 16.1 Å². The second kappa shape index (κ2) is 11.3. The van der Waals surface area contributed by atoms with Crippen molar-refractivity contribution in [3.8, 4) is 11.5 Å². The van der Waals surface area contributed by atoms with E-state index in [2.05, 4.69) is 31.5 Å². The van der Waals surface area contributed by atoms with E-state index in [4.69, 9.17) is 9.47 Å². The monoisotopic (exact) mass is 619 g/mol. The molecule has 3 aromatic rings. The summed E-state index contributed by atoms with van der Waals surface area (Å²) < 4.78 is 11.7. The summed E-state index contributed by atoms with van der Waals surface area (Å²) >= 11 is 3.40. The third-order valence-corrected chi connectivity index (χ3v) is 8.35. The number of para-hydroxylation sites is 1. The van der Waals surface area contributed by atoms with E-state index in [9.17, 15) is 14.4 Å². The number of nitrogens with one attached hydrogen (secondary N) is 2. The molecule has 0 unspecified atom stereocenters. The Balaban J connectivity index is 1.12. The SMILES string of the molecule is O=C(CN1CN(c2ccccc2)C2(CCN(C(=O)Nc3ccc(Br)cc3)CC2)C1=O)NCc1ccc2c(c1)OCO2. The van der Waals surface area contributed by atoms with Crippen molar-refractivity contribution in [1.29, 1.82) is 0 Å². The second-order valence-electron chi connectivity index (χ2n) is 10.3. The molecule has 3 aromatic carbocycles. The average molecular weight is 621 g/mol. The fourth-order valence-corrected chi connectivity index (χ4v) is 5.88. The average Bonchev–Trinajstić information content (AvgIpc) is 3.56. The van der Waals surface area contributed by atoms with Crippen LogP contribution in [0.4, 0.5) is 16.2 Å². The predicted octanol–water partition coefficient (Wildman–Crippen LogP) is 4.17. The molecular weight excluding hydrogens is 590 g/mol. The summed E-state index contributed by atoms with van der Waals surface area (Å²) in [6.45, 7) is 1.58. The molecular formula is C30H30BrN5O5. The molecule has 41 heavy (non-hydrogen) atoms. The number of fused-ring (bicyclic) bond motifs is 1. The summed E-state index contributed by atoms with van der Waals surface area (Å²) in [7, 11) is 0. The van der Waals surface area contributed by atoms with Gasteiger partial charge in [-0.15, -0.1) is 0 Å². The van der Waals surface area contributed by atoms with Crippen molar-refractivity contribution in [2.75, 3.05) is 43.3 Å². The van der Waals surface area contributed by atoms with Crippen LogP contribution >= 0.6 is 15.9 Å². The van der Waals surface area contributed by atoms with E-state index in [0.717, 1.165) is 15.7 Å². The topological polar surface area (TPSA) is 103 Å². The van der Waals surface area contributed by atoms with E-state index in [1.165, 1.54) is 0 Å². The molecule has 0 atom stereocenters. The molecule has 2 fully saturated rings. The lowest BCUT2D eigenvalue weighted by Crippen LogP contribution is -2.58. The number of likely N-dealkylation sites (tertiary alicyclic amines) is 1. The summed E-state index contributed by atoms with van der Waals surface area (Å²) in [6.07, 6.45) is 0.924. The first-order valence-electron chi connectivity index (χ1n) is 13.5. The predicted molar refractivity (Wildman–Crippen MR) is 157 cm³/mol. The van der Waals surface area contributed by atoms with Gasteiger partial charge >= 0.3 is 6.03 Å². The van der Waals surface area contributed by atoms with Crippen LogP contribution in [0.25, 0.3) is 0 Å². The minimum Gasteiger partial charge on any atom is -0.454 e. The van der Waals surface area contributed by atoms with Gasteiger partial charge in [0.2, 0.25) is 12.7 Å². The molecule has 4 amide bonds. The van der Waals surface area contributed by atoms with Crippen LogP contribution in [-0.4, -0.2) is 66.3 Å². The van der Waals surface area contributed by atoms with Crippen LogP contribution < -0.4 is 25.0 Å². The molecule has 212 valence electrons. The Bertz CT molecular complexity index is 1440. The van der Waals surface area contributed by atoms with Gasteiger partial charge in [0.1, 0.15) is 12.1 Å². The number of hydrogen-bond donors (Lipinski definition) is 2. The number of halogens is 1. The van der Waals surface area contributed by atoms with Crippen molar-refractivity contribution >= 4 is 45.2 Å². The zero-order valence-corrected chi connectivity index (χ0v) is 23.9. The lowest BCUT2D eigenvalue weighted by atomic mass is 9.85. The largest absolute Gasteiger partial charge is 0.454 e. The number of benzene rings is 3. The molecule has 3 aliphatic rings. The fraction of sp³-hybridized carbons (Fsp3) is 0.300. The third kappa shape index (κ3) is 5.54. The number of ether oxygens (including phenoxy) is 2. The molecule has 0 aromatic heterocycles. The zero-order valence-electron chi connectivity index (χ0n) is 22.3. The first kappa shape index (κ1) is 26.9. The Labute approximate surface area is 246 Å². The lowest BCUT2D eigenvalue weighted by molar-refractivity contribution is -0.137. The Morgan fingerprint density at radius 3 is 2.41 bits per heavy atom. The number of rotatable bonds is 6. The van der Waals surface area contributed by atoms with Gasteiger partial charge in [-0.05, 0) is 66.9 Å². The molecule has 11 heteroatoms. The highest BCUT2D eigenvalue weighted by atomic mass is 79.9. The van der Waals surface area contributed by atoms with Gasteiger partial charge in [0.15, 0.2) is 11.5 Å². The molecule has 3 heterocycles. The Morgan fingerprint density at radius 2 is 1.66 bits per heavy atom. The zero-order chi connectivity index (χ0) is 28.4. The first-order chi connectivity index (χ1) is 19.9. The van der Waals surface area contributed by atoms with Crippen LogP contribution in [0.15, 0.2) is 77.3 Å². The van der Waals surface area contributed by atoms with Gasteiger partial charge in [-0.25, -0.2) is 4.79 Å². The van der Waals surface area contributed by atoms with Crippen molar-refractivity contribution in [2.24, 2.45) is 0 Å². The van der Waals surface area contributed by atoms with Gasteiger partial charge in [-0.3, -0.25) is 9.59 Å². The van der Waals surface area contributed by atoms with Gasteiger partial charge in [0.05, 0.1) is 6.67 Å². The Morgan fingerprint density at radius 1 is 0.927 bits per heavy atom. The maximum Gasteiger partial charge on any atom is 0.321 e. The van der Waals surface area contributed by atoms with Gasteiger partial charge in [-0.2, -0.15) is 0 Å². The Kier molecular flexibility index (Phi) is 7.44. The summed E-state index contributed by atoms with van der Waals surface area (Å²) in [5, 5.41) is 5.86. The van der Waals surface area contributed by atoms with Crippen molar-refractivity contribution in [3.63, 3.8) is 0 Å². The Hall–Kier alpha value is -4.25. The molecule has 0 bridgehead atoms. The van der Waals surface area contributed by atoms with E-state index in [-0.39, 0.29) is 31.2 Å². The smallest absolute Gasteiger partial charge is 0.321 e. The normalized spacial score (nSPS) is 17.2. The second-order valence-corrected chi connectivity index (χ2v) is 11.2. The summed E-state index contributed by atoms with van der Waals surface area (Å²) in [5.74, 6) is 1.01. The van der Waals surface area contributed by atoms with Crippen LogP contribution in [0.3, 0.4) is 0 Å². The van der Waals surface area contributed by atoms with E-state index < -0.39 is 5.54 Å². The van der Waals surface area contributed by atoms with Crippen molar-refractivity contribution in [2.45, 2.75) is 24.9 Å². The number of amides is 4. The fourth-order valence-electron chi connectivity index (χ4n) is 5.62. The number of hydrogen-bond acceptors (Lipinski definition) is 6. The first-order valence-corrected chi connectivity index (χ1v) is 14.3. The molecule has 2 saturated heterocycles. The number of piperidine rings is 1.